The van der Waals surface area contributed by atoms with Crippen molar-refractivity contribution in [1.29, 1.82) is 0 Å². The van der Waals surface area contributed by atoms with E-state index >= 15 is 0 Å². The van der Waals surface area contributed by atoms with E-state index in [9.17, 15) is 0 Å². The van der Waals surface area contributed by atoms with Crippen molar-refractivity contribution < 1.29 is 4.74 Å². The molecule has 0 amide bonds. The lowest BCUT2D eigenvalue weighted by Crippen LogP contribution is -2.27. The van der Waals surface area contributed by atoms with Gasteiger partial charge in [-0.25, -0.2) is 4.98 Å². The van der Waals surface area contributed by atoms with Crippen LogP contribution < -0.4 is 10.2 Å². The van der Waals surface area contributed by atoms with E-state index < -0.39 is 0 Å². The first-order valence-corrected chi connectivity index (χ1v) is 9.10. The molecule has 0 bridgehead atoms. The molecule has 0 atom stereocenters. The van der Waals surface area contributed by atoms with Crippen LogP contribution in [0.2, 0.25) is 0 Å². The molecule has 0 radical (unpaired) electrons. The third-order valence-electron chi connectivity index (χ3n) is 3.33. The fraction of sp³-hybridized carbons (Fsp3) is 0.812. The van der Waals surface area contributed by atoms with E-state index in [4.69, 9.17) is 9.72 Å². The van der Waals surface area contributed by atoms with Gasteiger partial charge in [-0.3, -0.25) is 0 Å². The third-order valence-corrected chi connectivity index (χ3v) is 4.49. The Morgan fingerprint density at radius 2 is 2.00 bits per heavy atom. The fourth-order valence-corrected chi connectivity index (χ4v) is 3.33. The second kappa shape index (κ2) is 11.0. The largest absolute Gasteiger partial charge is 0.380 e. The van der Waals surface area contributed by atoms with Crippen LogP contribution in [0.3, 0.4) is 0 Å². The summed E-state index contributed by atoms with van der Waals surface area (Å²) in [6.07, 6.45) is 3.39. The first-order chi connectivity index (χ1) is 10.3. The van der Waals surface area contributed by atoms with Gasteiger partial charge in [0.05, 0.1) is 12.3 Å². The van der Waals surface area contributed by atoms with Crippen molar-refractivity contribution in [2.75, 3.05) is 37.7 Å². The van der Waals surface area contributed by atoms with Crippen molar-refractivity contribution >= 4 is 16.5 Å². The normalized spacial score (nSPS) is 11.0. The zero-order valence-electron chi connectivity index (χ0n) is 14.1. The molecule has 4 nitrogen and oxygen atoms in total. The number of anilines is 1. The molecule has 0 fully saturated rings. The highest BCUT2D eigenvalue weighted by atomic mass is 32.1. The minimum absolute atomic E-state index is 0.774. The van der Waals surface area contributed by atoms with Gasteiger partial charge in [-0.1, -0.05) is 20.3 Å². The summed E-state index contributed by atoms with van der Waals surface area (Å²) in [7, 11) is 0. The van der Waals surface area contributed by atoms with Gasteiger partial charge in [0.15, 0.2) is 5.13 Å². The van der Waals surface area contributed by atoms with Crippen molar-refractivity contribution in [3.05, 3.63) is 10.6 Å². The van der Waals surface area contributed by atoms with E-state index in [0.717, 1.165) is 57.4 Å². The smallest absolute Gasteiger partial charge is 0.185 e. The number of thiazole rings is 1. The molecule has 5 heteroatoms. The molecule has 1 aromatic rings. The number of aryl methyl sites for hydroxylation is 1. The van der Waals surface area contributed by atoms with E-state index in [0.29, 0.717) is 0 Å². The molecule has 0 saturated heterocycles. The average molecular weight is 314 g/mol. The van der Waals surface area contributed by atoms with Crippen LogP contribution >= 0.6 is 11.3 Å². The molecule has 1 aromatic heterocycles. The maximum absolute atomic E-state index is 5.47. The Morgan fingerprint density at radius 1 is 1.19 bits per heavy atom. The molecule has 0 aromatic carbocycles. The summed E-state index contributed by atoms with van der Waals surface area (Å²) in [4.78, 5) is 8.60. The first-order valence-electron chi connectivity index (χ1n) is 8.28. The first kappa shape index (κ1) is 18.4. The molecule has 0 saturated carbocycles. The summed E-state index contributed by atoms with van der Waals surface area (Å²) in [6.45, 7) is 14.1. The van der Waals surface area contributed by atoms with Crippen LogP contribution in [0.4, 0.5) is 5.13 Å². The summed E-state index contributed by atoms with van der Waals surface area (Å²) in [6, 6.07) is 0. The van der Waals surface area contributed by atoms with E-state index in [-0.39, 0.29) is 0 Å². The highest BCUT2D eigenvalue weighted by Crippen LogP contribution is 2.27. The minimum atomic E-state index is 0.774. The van der Waals surface area contributed by atoms with Crippen LogP contribution in [0, 0.1) is 0 Å². The van der Waals surface area contributed by atoms with Crippen LogP contribution in [-0.2, 0) is 17.7 Å². The molecule has 1 N–H and O–H groups in total. The summed E-state index contributed by atoms with van der Waals surface area (Å²) < 4.78 is 5.47. The number of likely N-dealkylation sites (N-methyl/N-ethyl adjacent to an activating group) is 1. The maximum Gasteiger partial charge on any atom is 0.185 e. The molecule has 1 rings (SSSR count). The van der Waals surface area contributed by atoms with Crippen molar-refractivity contribution in [1.82, 2.24) is 10.3 Å². The third kappa shape index (κ3) is 6.32. The quantitative estimate of drug-likeness (QED) is 0.600. The zero-order chi connectivity index (χ0) is 15.5. The Labute approximate surface area is 133 Å². The van der Waals surface area contributed by atoms with Crippen LogP contribution in [0.15, 0.2) is 0 Å². The van der Waals surface area contributed by atoms with E-state index in [1.807, 2.05) is 18.3 Å². The molecular formula is C16H31N3OS. The average Bonchev–Trinajstić information content (AvgIpc) is 2.87. The number of nitrogens with one attached hydrogen (secondary N) is 1. The van der Waals surface area contributed by atoms with Crippen LogP contribution in [0.25, 0.3) is 0 Å². The summed E-state index contributed by atoms with van der Waals surface area (Å²) in [5, 5.41) is 4.65. The van der Waals surface area contributed by atoms with E-state index in [1.54, 1.807) is 0 Å². The molecule has 21 heavy (non-hydrogen) atoms. The SMILES string of the molecule is CCCNCc1sc(N(CC)CCOCC)nc1CCC. The van der Waals surface area contributed by atoms with Crippen molar-refractivity contribution in [3.63, 3.8) is 0 Å². The Bertz CT molecular complexity index is 382. The zero-order valence-corrected chi connectivity index (χ0v) is 14.9. The van der Waals surface area contributed by atoms with E-state index in [1.165, 1.54) is 17.0 Å². The number of aromatic nitrogens is 1. The Balaban J connectivity index is 2.72. The van der Waals surface area contributed by atoms with Gasteiger partial charge in [0.1, 0.15) is 0 Å². The highest BCUT2D eigenvalue weighted by molar-refractivity contribution is 7.15. The standard InChI is InChI=1S/C16H31N3OS/c1-5-9-14-15(13-17-10-6-2)21-16(18-14)19(7-3)11-12-20-8-4/h17H,5-13H2,1-4H3. The lowest BCUT2D eigenvalue weighted by Gasteiger charge is -2.19. The predicted molar refractivity (Wildman–Crippen MR) is 92.5 cm³/mol. The summed E-state index contributed by atoms with van der Waals surface area (Å²) in [5.74, 6) is 0. The van der Waals surface area contributed by atoms with E-state index in [2.05, 4.69) is 31.0 Å². The lowest BCUT2D eigenvalue weighted by atomic mass is 10.2. The van der Waals surface area contributed by atoms with Gasteiger partial charge in [0.2, 0.25) is 0 Å². The molecule has 122 valence electrons. The Hall–Kier alpha value is -0.650. The van der Waals surface area contributed by atoms with Crippen molar-refractivity contribution in [2.24, 2.45) is 0 Å². The lowest BCUT2D eigenvalue weighted by molar-refractivity contribution is 0.154. The maximum atomic E-state index is 5.47. The van der Waals surface area contributed by atoms with Gasteiger partial charge in [-0.15, -0.1) is 11.3 Å². The van der Waals surface area contributed by atoms with Crippen LogP contribution in [0.5, 0.6) is 0 Å². The van der Waals surface area contributed by atoms with Gasteiger partial charge < -0.3 is 15.0 Å². The Morgan fingerprint density at radius 3 is 2.62 bits per heavy atom. The second-order valence-electron chi connectivity index (χ2n) is 5.07. The van der Waals surface area contributed by atoms with Gasteiger partial charge in [-0.05, 0) is 33.2 Å². The number of hydrogen-bond acceptors (Lipinski definition) is 5. The minimum Gasteiger partial charge on any atom is -0.380 e. The predicted octanol–water partition coefficient (Wildman–Crippen LogP) is 3.46. The number of ether oxygens (including phenoxy) is 1. The van der Waals surface area contributed by atoms with Crippen LogP contribution in [-0.4, -0.2) is 37.8 Å². The molecular weight excluding hydrogens is 282 g/mol. The molecule has 0 aliphatic rings. The summed E-state index contributed by atoms with van der Waals surface area (Å²) in [5.41, 5.74) is 1.27. The summed E-state index contributed by atoms with van der Waals surface area (Å²) >= 11 is 1.84. The molecule has 0 aliphatic heterocycles. The van der Waals surface area contributed by atoms with Crippen molar-refractivity contribution in [2.45, 2.75) is 53.5 Å². The van der Waals surface area contributed by atoms with Crippen molar-refractivity contribution in [3.8, 4) is 0 Å². The van der Waals surface area contributed by atoms with Gasteiger partial charge in [0, 0.05) is 31.1 Å². The van der Waals surface area contributed by atoms with Gasteiger partial charge in [-0.2, -0.15) is 0 Å². The number of rotatable bonds is 12. The van der Waals surface area contributed by atoms with Gasteiger partial charge in [0.25, 0.3) is 0 Å². The second-order valence-corrected chi connectivity index (χ2v) is 6.13. The molecule has 0 unspecified atom stereocenters. The fourth-order valence-electron chi connectivity index (χ4n) is 2.16. The highest BCUT2D eigenvalue weighted by Gasteiger charge is 2.14. The number of nitrogens with zero attached hydrogens (tertiary/aromatic N) is 2. The monoisotopic (exact) mass is 313 g/mol. The Kier molecular flexibility index (Phi) is 9.63. The van der Waals surface area contributed by atoms with Crippen LogP contribution in [0.1, 0.15) is 51.1 Å². The molecule has 1 heterocycles. The molecule has 0 aliphatic carbocycles. The number of hydrogen-bond donors (Lipinski definition) is 1. The topological polar surface area (TPSA) is 37.4 Å². The van der Waals surface area contributed by atoms with Gasteiger partial charge >= 0.3 is 0 Å². The molecule has 0 spiro atoms.